The lowest BCUT2D eigenvalue weighted by molar-refractivity contribution is -0.117. The molecule has 0 bridgehead atoms. The Labute approximate surface area is 194 Å². The van der Waals surface area contributed by atoms with E-state index in [1.165, 1.54) is 0 Å². The number of benzene rings is 1. The van der Waals surface area contributed by atoms with Gasteiger partial charge in [0, 0.05) is 10.4 Å². The summed E-state index contributed by atoms with van der Waals surface area (Å²) >= 11 is 3.42. The first-order valence-electron chi connectivity index (χ1n) is 10.4. The van der Waals surface area contributed by atoms with E-state index in [1.807, 2.05) is 88.4 Å². The predicted molar refractivity (Wildman–Crippen MR) is 137 cm³/mol. The van der Waals surface area contributed by atoms with Gasteiger partial charge in [0.1, 0.15) is 0 Å². The Bertz CT molecular complexity index is 1000. The van der Waals surface area contributed by atoms with Crippen molar-refractivity contribution in [1.82, 2.24) is 0 Å². The number of halogens is 1. The number of nitrogens with one attached hydrogen (secondary N) is 1. The number of nitrogens with zero attached hydrogens (tertiary/aromatic N) is 1. The number of allylic oxidation sites excluding steroid dienone is 12. The molecule has 0 saturated carbocycles. The van der Waals surface area contributed by atoms with Crippen LogP contribution in [0.15, 0.2) is 105 Å². The molecule has 4 heteroatoms. The average molecular weight is 479 g/mol. The van der Waals surface area contributed by atoms with Crippen LogP contribution in [0.25, 0.3) is 0 Å². The molecular weight excluding hydrogens is 448 g/mol. The lowest BCUT2D eigenvalue weighted by Gasteiger charge is -2.03. The molecule has 0 heterocycles. The lowest BCUT2D eigenvalue weighted by Crippen LogP contribution is -2.03. The number of Topliss-reactive ketones (excluding diaryl/α,β-unsaturated/α-hetero) is 1. The van der Waals surface area contributed by atoms with E-state index in [1.54, 1.807) is 0 Å². The Kier molecular flexibility index (Phi) is 9.67. The topological polar surface area (TPSA) is 41.5 Å². The standard InChI is InChI=1S/C27H31BrN2O/c1-19(17-24-18-21(3)27(31)22(24)4)11-9-7-6-8-10-12-20(2)23(5)29-30-26-15-13-25(28)14-16-26/h6-17,21,30H,18H2,1-5H3/b7-6+,10-8+,11-9+,19-17+,20-12+,29-23-/t21-/m1/s1. The smallest absolute Gasteiger partial charge is 0.161 e. The van der Waals surface area contributed by atoms with Crippen LogP contribution < -0.4 is 5.43 Å². The molecule has 0 unspecified atom stereocenters. The molecular formula is C27H31BrN2O. The van der Waals surface area contributed by atoms with Crippen molar-refractivity contribution in [3.63, 3.8) is 0 Å². The fraction of sp³-hybridized carbons (Fsp3) is 0.259. The maximum Gasteiger partial charge on any atom is 0.161 e. The zero-order valence-corrected chi connectivity index (χ0v) is 20.5. The van der Waals surface area contributed by atoms with Crippen molar-refractivity contribution in [2.45, 2.75) is 41.0 Å². The second-order valence-electron chi connectivity index (χ2n) is 7.80. The normalized spacial score (nSPS) is 19.0. The maximum absolute atomic E-state index is 11.9. The highest BCUT2D eigenvalue weighted by Crippen LogP contribution is 2.29. The minimum Gasteiger partial charge on any atom is -0.294 e. The van der Waals surface area contributed by atoms with Crippen LogP contribution in [0.4, 0.5) is 5.69 Å². The van der Waals surface area contributed by atoms with Crippen LogP contribution in [0.3, 0.4) is 0 Å². The second-order valence-corrected chi connectivity index (χ2v) is 8.72. The minimum atomic E-state index is 0.120. The quantitative estimate of drug-likeness (QED) is 0.236. The number of rotatable bonds is 8. The molecule has 162 valence electrons. The largest absolute Gasteiger partial charge is 0.294 e. The van der Waals surface area contributed by atoms with Gasteiger partial charge in [-0.05, 0) is 75.1 Å². The van der Waals surface area contributed by atoms with Crippen LogP contribution in [0.1, 0.15) is 41.0 Å². The van der Waals surface area contributed by atoms with Gasteiger partial charge < -0.3 is 0 Å². The molecule has 1 N–H and O–H groups in total. The summed E-state index contributed by atoms with van der Waals surface area (Å²) in [6.07, 6.45) is 17.1. The number of carbonyl (C=O) groups is 1. The number of carbonyl (C=O) groups excluding carboxylic acids is 1. The third-order valence-electron chi connectivity index (χ3n) is 5.14. The molecule has 1 atom stereocenters. The molecule has 0 amide bonds. The summed E-state index contributed by atoms with van der Waals surface area (Å²) in [5, 5.41) is 4.42. The van der Waals surface area contributed by atoms with Crippen LogP contribution in [0, 0.1) is 5.92 Å². The van der Waals surface area contributed by atoms with Crippen LogP contribution >= 0.6 is 15.9 Å². The SMILES string of the molecule is CC1=C(/C=C(C)/C=C/C=C/C=C/C=C(C)/C(C)=N\Nc2ccc(Br)cc2)C[C@@H](C)C1=O. The Hall–Kier alpha value is -2.72. The van der Waals surface area contributed by atoms with Crippen LogP contribution in [-0.2, 0) is 4.79 Å². The van der Waals surface area contributed by atoms with E-state index >= 15 is 0 Å². The van der Waals surface area contributed by atoms with E-state index in [4.69, 9.17) is 0 Å². The van der Waals surface area contributed by atoms with Gasteiger partial charge in [0.15, 0.2) is 5.78 Å². The summed E-state index contributed by atoms with van der Waals surface area (Å²) < 4.78 is 1.04. The Morgan fingerprint density at radius 1 is 1.06 bits per heavy atom. The minimum absolute atomic E-state index is 0.120. The van der Waals surface area contributed by atoms with Gasteiger partial charge in [-0.15, -0.1) is 0 Å². The monoisotopic (exact) mass is 478 g/mol. The van der Waals surface area contributed by atoms with Crippen LogP contribution in [0.5, 0.6) is 0 Å². The van der Waals surface area contributed by atoms with Gasteiger partial charge in [0.25, 0.3) is 0 Å². The molecule has 0 aliphatic heterocycles. The van der Waals surface area contributed by atoms with Crippen LogP contribution in [-0.4, -0.2) is 11.5 Å². The molecule has 0 spiro atoms. The number of ketones is 1. The first kappa shape index (κ1) is 24.5. The summed E-state index contributed by atoms with van der Waals surface area (Å²) in [6.45, 7) is 10.0. The van der Waals surface area contributed by atoms with E-state index in [0.717, 1.165) is 44.6 Å². The zero-order valence-electron chi connectivity index (χ0n) is 18.9. The highest BCUT2D eigenvalue weighted by Gasteiger charge is 2.25. The highest BCUT2D eigenvalue weighted by molar-refractivity contribution is 9.10. The molecule has 1 aromatic carbocycles. The van der Waals surface area contributed by atoms with E-state index in [0.29, 0.717) is 0 Å². The van der Waals surface area contributed by atoms with E-state index < -0.39 is 0 Å². The highest BCUT2D eigenvalue weighted by atomic mass is 79.9. The molecule has 2 rings (SSSR count). The van der Waals surface area contributed by atoms with Crippen molar-refractivity contribution in [2.24, 2.45) is 11.0 Å². The molecule has 1 aliphatic rings. The summed E-state index contributed by atoms with van der Waals surface area (Å²) in [5.41, 5.74) is 9.25. The van der Waals surface area contributed by atoms with Gasteiger partial charge in [0.2, 0.25) is 0 Å². The number of hydrazone groups is 1. The molecule has 1 aliphatic carbocycles. The molecule has 0 fully saturated rings. The average Bonchev–Trinajstić information content (AvgIpc) is 2.98. The molecule has 1 aromatic rings. The number of hydrogen-bond acceptors (Lipinski definition) is 3. The lowest BCUT2D eigenvalue weighted by atomic mass is 10.1. The fourth-order valence-electron chi connectivity index (χ4n) is 3.07. The van der Waals surface area contributed by atoms with Crippen molar-refractivity contribution >= 4 is 33.1 Å². The van der Waals surface area contributed by atoms with Gasteiger partial charge in [0.05, 0.1) is 11.4 Å². The third kappa shape index (κ3) is 8.14. The van der Waals surface area contributed by atoms with Gasteiger partial charge in [-0.25, -0.2) is 0 Å². The molecule has 3 nitrogen and oxygen atoms in total. The molecule has 0 saturated heterocycles. The fourth-order valence-corrected chi connectivity index (χ4v) is 3.34. The number of hydrogen-bond donors (Lipinski definition) is 1. The Balaban J connectivity index is 1.84. The van der Waals surface area contributed by atoms with Crippen molar-refractivity contribution < 1.29 is 4.79 Å². The van der Waals surface area contributed by atoms with E-state index in [2.05, 4.69) is 45.5 Å². The van der Waals surface area contributed by atoms with Gasteiger partial charge in [-0.2, -0.15) is 5.10 Å². The number of anilines is 1. The van der Waals surface area contributed by atoms with Gasteiger partial charge in [-0.3, -0.25) is 10.2 Å². The van der Waals surface area contributed by atoms with E-state index in [9.17, 15) is 4.79 Å². The van der Waals surface area contributed by atoms with Crippen molar-refractivity contribution in [3.8, 4) is 0 Å². The van der Waals surface area contributed by atoms with Gasteiger partial charge in [-0.1, -0.05) is 77.0 Å². The molecule has 31 heavy (non-hydrogen) atoms. The summed E-state index contributed by atoms with van der Waals surface area (Å²) in [4.78, 5) is 11.9. The van der Waals surface area contributed by atoms with Crippen molar-refractivity contribution in [1.29, 1.82) is 0 Å². The van der Waals surface area contributed by atoms with Crippen LogP contribution in [0.2, 0.25) is 0 Å². The predicted octanol–water partition coefficient (Wildman–Crippen LogP) is 7.72. The van der Waals surface area contributed by atoms with Crippen molar-refractivity contribution in [3.05, 3.63) is 99.6 Å². The van der Waals surface area contributed by atoms with Gasteiger partial charge >= 0.3 is 0 Å². The third-order valence-corrected chi connectivity index (χ3v) is 5.67. The summed E-state index contributed by atoms with van der Waals surface area (Å²) in [5.74, 6) is 0.399. The second kappa shape index (κ2) is 12.2. The Morgan fingerprint density at radius 3 is 2.35 bits per heavy atom. The molecule has 0 radical (unpaired) electrons. The maximum atomic E-state index is 11.9. The zero-order chi connectivity index (χ0) is 22.8. The Morgan fingerprint density at radius 2 is 1.71 bits per heavy atom. The first-order valence-corrected chi connectivity index (χ1v) is 11.2. The summed E-state index contributed by atoms with van der Waals surface area (Å²) in [7, 11) is 0. The first-order chi connectivity index (χ1) is 14.8. The molecule has 0 aromatic heterocycles. The van der Waals surface area contributed by atoms with Crippen molar-refractivity contribution in [2.75, 3.05) is 5.43 Å². The van der Waals surface area contributed by atoms with E-state index in [-0.39, 0.29) is 11.7 Å². The summed E-state index contributed by atoms with van der Waals surface area (Å²) in [6, 6.07) is 7.90.